The summed E-state index contributed by atoms with van der Waals surface area (Å²) < 4.78 is 5.14. The molecule has 1 unspecified atom stereocenters. The highest BCUT2D eigenvalue weighted by Crippen LogP contribution is 2.34. The second-order valence-electron chi connectivity index (χ2n) is 5.31. The quantitative estimate of drug-likeness (QED) is 0.850. The number of nitrogens with one attached hydrogen (secondary N) is 1. The fraction of sp³-hybridized carbons (Fsp3) is 0.562. The summed E-state index contributed by atoms with van der Waals surface area (Å²) in [6.45, 7) is 7.64. The van der Waals surface area contributed by atoms with E-state index < -0.39 is 5.54 Å². The molecular formula is C16H24N2O2. The number of esters is 1. The molecule has 0 spiro atoms. The summed E-state index contributed by atoms with van der Waals surface area (Å²) >= 11 is 0. The number of carbonyl (C=O) groups is 1. The Hall–Kier alpha value is -1.39. The van der Waals surface area contributed by atoms with E-state index in [0.717, 1.165) is 31.7 Å². The maximum absolute atomic E-state index is 12.6. The standard InChI is InChI=1S/C16H24N2O2/c1-4-16(15(19)20-3,18-11-9-17-10-12-18)14-7-5-13(2)6-8-14/h5-8,17H,4,9-12H2,1-3H3. The zero-order valence-corrected chi connectivity index (χ0v) is 12.6. The lowest BCUT2D eigenvalue weighted by Gasteiger charge is -2.43. The van der Waals surface area contributed by atoms with Crippen molar-refractivity contribution >= 4 is 5.97 Å². The van der Waals surface area contributed by atoms with Crippen LogP contribution in [-0.4, -0.2) is 44.2 Å². The van der Waals surface area contributed by atoms with Gasteiger partial charge in [-0.3, -0.25) is 4.90 Å². The van der Waals surface area contributed by atoms with Crippen LogP contribution in [0.5, 0.6) is 0 Å². The monoisotopic (exact) mass is 276 g/mol. The van der Waals surface area contributed by atoms with Crippen LogP contribution in [0.4, 0.5) is 0 Å². The largest absolute Gasteiger partial charge is 0.467 e. The van der Waals surface area contributed by atoms with Gasteiger partial charge in [-0.1, -0.05) is 36.8 Å². The Morgan fingerprint density at radius 1 is 1.30 bits per heavy atom. The highest BCUT2D eigenvalue weighted by Gasteiger charge is 2.45. The SMILES string of the molecule is CCC(C(=O)OC)(c1ccc(C)cc1)N1CCNCC1. The molecule has 110 valence electrons. The van der Waals surface area contributed by atoms with Crippen LogP contribution in [0.3, 0.4) is 0 Å². The van der Waals surface area contributed by atoms with Gasteiger partial charge in [0.25, 0.3) is 0 Å². The number of hydrogen-bond donors (Lipinski definition) is 1. The van der Waals surface area contributed by atoms with Gasteiger partial charge in [0.1, 0.15) is 5.54 Å². The first-order chi connectivity index (χ1) is 9.65. The molecule has 4 nitrogen and oxygen atoms in total. The molecule has 1 N–H and O–H groups in total. The fourth-order valence-corrected chi connectivity index (χ4v) is 3.05. The first kappa shape index (κ1) is 15.0. The van der Waals surface area contributed by atoms with E-state index in [0.29, 0.717) is 6.42 Å². The summed E-state index contributed by atoms with van der Waals surface area (Å²) in [5.41, 5.74) is 1.56. The van der Waals surface area contributed by atoms with Gasteiger partial charge in [0.2, 0.25) is 0 Å². The molecule has 1 aromatic carbocycles. The molecule has 1 aliphatic heterocycles. The predicted molar refractivity (Wildman–Crippen MR) is 79.6 cm³/mol. The number of piperazine rings is 1. The van der Waals surface area contributed by atoms with E-state index in [-0.39, 0.29) is 5.97 Å². The van der Waals surface area contributed by atoms with E-state index in [4.69, 9.17) is 4.74 Å². The lowest BCUT2D eigenvalue weighted by molar-refractivity contribution is -0.157. The predicted octanol–water partition coefficient (Wildman–Crippen LogP) is 1.68. The van der Waals surface area contributed by atoms with Crippen molar-refractivity contribution < 1.29 is 9.53 Å². The van der Waals surface area contributed by atoms with E-state index in [1.165, 1.54) is 12.7 Å². The smallest absolute Gasteiger partial charge is 0.330 e. The summed E-state index contributed by atoms with van der Waals surface area (Å²) in [5.74, 6) is -0.161. The molecular weight excluding hydrogens is 252 g/mol. The van der Waals surface area contributed by atoms with Gasteiger partial charge in [-0.25, -0.2) is 4.79 Å². The molecule has 1 atom stereocenters. The first-order valence-electron chi connectivity index (χ1n) is 7.26. The van der Waals surface area contributed by atoms with E-state index >= 15 is 0 Å². The van der Waals surface area contributed by atoms with Crippen LogP contribution < -0.4 is 5.32 Å². The summed E-state index contributed by atoms with van der Waals surface area (Å²) in [6, 6.07) is 8.23. The van der Waals surface area contributed by atoms with Crippen LogP contribution >= 0.6 is 0 Å². The van der Waals surface area contributed by atoms with Crippen molar-refractivity contribution in [3.63, 3.8) is 0 Å². The third-order valence-corrected chi connectivity index (χ3v) is 4.22. The van der Waals surface area contributed by atoms with Crippen molar-refractivity contribution in [2.24, 2.45) is 0 Å². The summed E-state index contributed by atoms with van der Waals surface area (Å²) in [7, 11) is 1.48. The van der Waals surface area contributed by atoms with Crippen LogP contribution in [0.15, 0.2) is 24.3 Å². The molecule has 0 bridgehead atoms. The molecule has 0 amide bonds. The minimum Gasteiger partial charge on any atom is -0.467 e. The molecule has 2 rings (SSSR count). The highest BCUT2D eigenvalue weighted by atomic mass is 16.5. The number of methoxy groups -OCH3 is 1. The first-order valence-corrected chi connectivity index (χ1v) is 7.26. The third-order valence-electron chi connectivity index (χ3n) is 4.22. The molecule has 0 radical (unpaired) electrons. The van der Waals surface area contributed by atoms with Crippen molar-refractivity contribution in [3.8, 4) is 0 Å². The van der Waals surface area contributed by atoms with Crippen molar-refractivity contribution in [3.05, 3.63) is 35.4 Å². The van der Waals surface area contributed by atoms with Gasteiger partial charge in [-0.15, -0.1) is 0 Å². The number of hydrogen-bond acceptors (Lipinski definition) is 4. The van der Waals surface area contributed by atoms with Crippen LogP contribution in [0.25, 0.3) is 0 Å². The summed E-state index contributed by atoms with van der Waals surface area (Å²) in [4.78, 5) is 14.8. The summed E-state index contributed by atoms with van der Waals surface area (Å²) in [5, 5.41) is 3.33. The Morgan fingerprint density at radius 2 is 1.90 bits per heavy atom. The number of ether oxygens (including phenoxy) is 1. The van der Waals surface area contributed by atoms with E-state index in [9.17, 15) is 4.79 Å². The Balaban J connectivity index is 2.46. The fourth-order valence-electron chi connectivity index (χ4n) is 3.05. The highest BCUT2D eigenvalue weighted by molar-refractivity contribution is 5.82. The second-order valence-corrected chi connectivity index (χ2v) is 5.31. The second kappa shape index (κ2) is 6.37. The van der Waals surface area contributed by atoms with Crippen molar-refractivity contribution in [2.45, 2.75) is 25.8 Å². The number of nitrogens with zero attached hydrogens (tertiary/aromatic N) is 1. The van der Waals surface area contributed by atoms with Gasteiger partial charge in [-0.2, -0.15) is 0 Å². The topological polar surface area (TPSA) is 41.6 Å². The van der Waals surface area contributed by atoms with Crippen LogP contribution in [0.2, 0.25) is 0 Å². The molecule has 4 heteroatoms. The Morgan fingerprint density at radius 3 is 2.40 bits per heavy atom. The van der Waals surface area contributed by atoms with Gasteiger partial charge in [0, 0.05) is 26.2 Å². The zero-order chi connectivity index (χ0) is 14.6. The van der Waals surface area contributed by atoms with E-state index in [1.54, 1.807) is 0 Å². The normalized spacial score (nSPS) is 19.4. The minimum atomic E-state index is -0.662. The Kier molecular flexibility index (Phi) is 4.78. The number of aryl methyl sites for hydroxylation is 1. The maximum atomic E-state index is 12.6. The van der Waals surface area contributed by atoms with Crippen molar-refractivity contribution in [1.29, 1.82) is 0 Å². The third kappa shape index (κ3) is 2.58. The molecule has 20 heavy (non-hydrogen) atoms. The number of carbonyl (C=O) groups excluding carboxylic acids is 1. The van der Waals surface area contributed by atoms with Gasteiger partial charge >= 0.3 is 5.97 Å². The molecule has 0 aromatic heterocycles. The maximum Gasteiger partial charge on any atom is 0.330 e. The van der Waals surface area contributed by atoms with E-state index in [1.807, 2.05) is 0 Å². The van der Waals surface area contributed by atoms with Crippen LogP contribution in [0, 0.1) is 6.92 Å². The Labute approximate surface area is 121 Å². The van der Waals surface area contributed by atoms with Crippen molar-refractivity contribution in [2.75, 3.05) is 33.3 Å². The van der Waals surface area contributed by atoms with E-state index in [2.05, 4.69) is 48.3 Å². The number of rotatable bonds is 4. The molecule has 1 heterocycles. The summed E-state index contributed by atoms with van der Waals surface area (Å²) in [6.07, 6.45) is 0.711. The van der Waals surface area contributed by atoms with Gasteiger partial charge in [0.05, 0.1) is 7.11 Å². The molecule has 1 aliphatic rings. The molecule has 1 aromatic rings. The molecule has 0 aliphatic carbocycles. The molecule has 0 saturated carbocycles. The number of benzene rings is 1. The van der Waals surface area contributed by atoms with Crippen LogP contribution in [0.1, 0.15) is 24.5 Å². The van der Waals surface area contributed by atoms with Gasteiger partial charge in [-0.05, 0) is 18.9 Å². The van der Waals surface area contributed by atoms with Gasteiger partial charge < -0.3 is 10.1 Å². The van der Waals surface area contributed by atoms with Crippen molar-refractivity contribution in [1.82, 2.24) is 10.2 Å². The van der Waals surface area contributed by atoms with Gasteiger partial charge in [0.15, 0.2) is 0 Å². The lowest BCUT2D eigenvalue weighted by Crippen LogP contribution is -2.58. The molecule has 1 fully saturated rings. The zero-order valence-electron chi connectivity index (χ0n) is 12.6. The minimum absolute atomic E-state index is 0.161. The average Bonchev–Trinajstić information content (AvgIpc) is 2.51. The lowest BCUT2D eigenvalue weighted by atomic mass is 9.84. The van der Waals surface area contributed by atoms with Crippen LogP contribution in [-0.2, 0) is 15.1 Å². The average molecular weight is 276 g/mol. The molecule has 1 saturated heterocycles. The Bertz CT molecular complexity index is 452.